The van der Waals surface area contributed by atoms with Gasteiger partial charge in [-0.15, -0.1) is 16.4 Å². The largest absolute Gasteiger partial charge is 0.353 e. The van der Waals surface area contributed by atoms with Crippen molar-refractivity contribution < 1.29 is 4.79 Å². The lowest BCUT2D eigenvalue weighted by Crippen LogP contribution is -2.38. The minimum absolute atomic E-state index is 0.106. The van der Waals surface area contributed by atoms with Crippen molar-refractivity contribution in [3.05, 3.63) is 39.7 Å². The van der Waals surface area contributed by atoms with Crippen LogP contribution in [-0.2, 0) is 11.2 Å². The van der Waals surface area contributed by atoms with Crippen LogP contribution in [0.4, 0.5) is 5.82 Å². The van der Waals surface area contributed by atoms with Gasteiger partial charge in [-0.1, -0.05) is 13.8 Å². The number of hydrogen-bond acceptors (Lipinski definition) is 5. The Kier molecular flexibility index (Phi) is 5.14. The number of aromatic nitrogens is 2. The molecule has 1 fully saturated rings. The molecule has 0 spiro atoms. The molecule has 1 N–H and O–H groups in total. The number of hydrogen-bond donors (Lipinski definition) is 1. The van der Waals surface area contributed by atoms with E-state index < -0.39 is 0 Å². The van der Waals surface area contributed by atoms with Crippen LogP contribution in [0.2, 0.25) is 0 Å². The molecule has 1 aliphatic heterocycles. The molecule has 0 aliphatic carbocycles. The quantitative estimate of drug-likeness (QED) is 0.906. The van der Waals surface area contributed by atoms with Crippen molar-refractivity contribution in [1.82, 2.24) is 15.5 Å². The summed E-state index contributed by atoms with van der Waals surface area (Å²) >= 11 is 1.74. The van der Waals surface area contributed by atoms with E-state index in [1.807, 2.05) is 19.1 Å². The van der Waals surface area contributed by atoms with Gasteiger partial charge in [-0.25, -0.2) is 0 Å². The molecular formula is C18H24N4OS. The molecule has 0 aromatic carbocycles. The number of rotatable bonds is 5. The zero-order valence-electron chi connectivity index (χ0n) is 14.5. The molecule has 24 heavy (non-hydrogen) atoms. The third-order valence-corrected chi connectivity index (χ3v) is 5.63. The first kappa shape index (κ1) is 16.9. The van der Waals surface area contributed by atoms with E-state index in [1.165, 1.54) is 4.88 Å². The number of nitrogens with one attached hydrogen (secondary N) is 1. The maximum atomic E-state index is 12.3. The van der Waals surface area contributed by atoms with Crippen LogP contribution in [-0.4, -0.2) is 35.2 Å². The lowest BCUT2D eigenvalue weighted by molar-refractivity contribution is -0.120. The lowest BCUT2D eigenvalue weighted by Gasteiger charge is -2.17. The first-order valence-corrected chi connectivity index (χ1v) is 9.26. The highest BCUT2D eigenvalue weighted by Crippen LogP contribution is 2.24. The Hall–Kier alpha value is -1.95. The molecule has 0 radical (unpaired) electrons. The molecule has 128 valence electrons. The van der Waals surface area contributed by atoms with Gasteiger partial charge in [0, 0.05) is 28.9 Å². The number of carbonyl (C=O) groups is 1. The maximum Gasteiger partial charge on any atom is 0.225 e. The molecule has 0 saturated carbocycles. The summed E-state index contributed by atoms with van der Waals surface area (Å²) in [7, 11) is 0. The number of carbonyl (C=O) groups excluding carboxylic acids is 1. The van der Waals surface area contributed by atoms with E-state index in [-0.39, 0.29) is 11.9 Å². The van der Waals surface area contributed by atoms with Crippen LogP contribution in [0.3, 0.4) is 0 Å². The van der Waals surface area contributed by atoms with Crippen LogP contribution in [0.25, 0.3) is 0 Å². The summed E-state index contributed by atoms with van der Waals surface area (Å²) in [6.07, 6.45) is 1.42. The predicted molar refractivity (Wildman–Crippen MR) is 97.6 cm³/mol. The Morgan fingerprint density at radius 2 is 2.17 bits per heavy atom. The number of aryl methyl sites for hydroxylation is 1. The van der Waals surface area contributed by atoms with Crippen molar-refractivity contribution in [3.63, 3.8) is 0 Å². The molecule has 1 aliphatic rings. The molecular weight excluding hydrogens is 320 g/mol. The van der Waals surface area contributed by atoms with Crippen LogP contribution < -0.4 is 10.2 Å². The first-order chi connectivity index (χ1) is 11.5. The standard InChI is InChI=1S/C18H24N4OS/c1-12(2)16-6-5-15(24-16)10-18(23)19-14-8-9-22(11-14)17-7-4-13(3)20-21-17/h4-7,12,14H,8-11H2,1-3H3,(H,19,23)/t14-/m0/s1. The zero-order valence-corrected chi connectivity index (χ0v) is 15.3. The van der Waals surface area contributed by atoms with Gasteiger partial charge < -0.3 is 10.2 Å². The van der Waals surface area contributed by atoms with Crippen molar-refractivity contribution in [2.45, 2.75) is 45.6 Å². The van der Waals surface area contributed by atoms with Crippen molar-refractivity contribution in [1.29, 1.82) is 0 Å². The maximum absolute atomic E-state index is 12.3. The highest BCUT2D eigenvalue weighted by Gasteiger charge is 2.25. The van der Waals surface area contributed by atoms with E-state index in [4.69, 9.17) is 0 Å². The van der Waals surface area contributed by atoms with E-state index in [2.05, 4.69) is 46.4 Å². The highest BCUT2D eigenvalue weighted by molar-refractivity contribution is 7.12. The molecule has 6 heteroatoms. The third-order valence-electron chi connectivity index (χ3n) is 4.25. The minimum atomic E-state index is 0.106. The van der Waals surface area contributed by atoms with Crippen LogP contribution in [0.15, 0.2) is 24.3 Å². The van der Waals surface area contributed by atoms with Crippen LogP contribution in [0.5, 0.6) is 0 Å². The van der Waals surface area contributed by atoms with E-state index >= 15 is 0 Å². The number of nitrogens with zero attached hydrogens (tertiary/aromatic N) is 3. The molecule has 1 saturated heterocycles. The summed E-state index contributed by atoms with van der Waals surface area (Å²) in [5.41, 5.74) is 0.916. The smallest absolute Gasteiger partial charge is 0.225 e. The Bertz CT molecular complexity index is 695. The second-order valence-electron chi connectivity index (χ2n) is 6.67. The first-order valence-electron chi connectivity index (χ1n) is 8.44. The molecule has 3 heterocycles. The lowest BCUT2D eigenvalue weighted by atomic mass is 10.2. The topological polar surface area (TPSA) is 58.1 Å². The monoisotopic (exact) mass is 344 g/mol. The summed E-state index contributed by atoms with van der Waals surface area (Å²) in [6, 6.07) is 8.35. The van der Waals surface area contributed by atoms with Crippen molar-refractivity contribution >= 4 is 23.1 Å². The second kappa shape index (κ2) is 7.30. The Morgan fingerprint density at radius 1 is 1.33 bits per heavy atom. The van der Waals surface area contributed by atoms with Gasteiger partial charge in [0.2, 0.25) is 5.91 Å². The summed E-state index contributed by atoms with van der Waals surface area (Å²) < 4.78 is 0. The summed E-state index contributed by atoms with van der Waals surface area (Å²) in [5.74, 6) is 1.51. The summed E-state index contributed by atoms with van der Waals surface area (Å²) in [5, 5.41) is 11.5. The average Bonchev–Trinajstić information content (AvgIpc) is 3.17. The predicted octanol–water partition coefficient (Wildman–Crippen LogP) is 2.91. The van der Waals surface area contributed by atoms with E-state index in [0.717, 1.165) is 35.9 Å². The third kappa shape index (κ3) is 4.12. The van der Waals surface area contributed by atoms with E-state index in [0.29, 0.717) is 12.3 Å². The molecule has 2 aromatic rings. The fourth-order valence-electron chi connectivity index (χ4n) is 2.88. The molecule has 1 atom stereocenters. The zero-order chi connectivity index (χ0) is 17.1. The van der Waals surface area contributed by atoms with Gasteiger partial charge in [0.15, 0.2) is 5.82 Å². The fraction of sp³-hybridized carbons (Fsp3) is 0.500. The fourth-order valence-corrected chi connectivity index (χ4v) is 3.90. The van der Waals surface area contributed by atoms with E-state index in [9.17, 15) is 4.79 Å². The van der Waals surface area contributed by atoms with Gasteiger partial charge in [-0.3, -0.25) is 4.79 Å². The van der Waals surface area contributed by atoms with Crippen molar-refractivity contribution in [2.75, 3.05) is 18.0 Å². The average molecular weight is 344 g/mol. The van der Waals surface area contributed by atoms with Crippen LogP contribution >= 0.6 is 11.3 Å². The van der Waals surface area contributed by atoms with Gasteiger partial charge in [0.25, 0.3) is 0 Å². The number of anilines is 1. The van der Waals surface area contributed by atoms with Crippen LogP contribution in [0.1, 0.15) is 41.6 Å². The molecule has 1 amide bonds. The SMILES string of the molecule is Cc1ccc(N2CC[C@H](NC(=O)Cc3ccc(C(C)C)s3)C2)nn1. The molecule has 5 nitrogen and oxygen atoms in total. The second-order valence-corrected chi connectivity index (χ2v) is 7.87. The number of amides is 1. The number of thiophene rings is 1. The molecule has 2 aromatic heterocycles. The van der Waals surface area contributed by atoms with Gasteiger partial charge in [-0.2, -0.15) is 5.10 Å². The van der Waals surface area contributed by atoms with Gasteiger partial charge in [0.1, 0.15) is 0 Å². The van der Waals surface area contributed by atoms with Crippen molar-refractivity contribution in [3.8, 4) is 0 Å². The normalized spacial score (nSPS) is 17.5. The Labute approximate surface area is 147 Å². The summed E-state index contributed by atoms with van der Waals surface area (Å²) in [6.45, 7) is 7.98. The molecule has 0 bridgehead atoms. The van der Waals surface area contributed by atoms with Gasteiger partial charge >= 0.3 is 0 Å². The van der Waals surface area contributed by atoms with Crippen LogP contribution in [0, 0.1) is 6.92 Å². The van der Waals surface area contributed by atoms with Crippen molar-refractivity contribution in [2.24, 2.45) is 0 Å². The highest BCUT2D eigenvalue weighted by atomic mass is 32.1. The van der Waals surface area contributed by atoms with E-state index in [1.54, 1.807) is 11.3 Å². The summed E-state index contributed by atoms with van der Waals surface area (Å²) in [4.78, 5) is 16.9. The molecule has 3 rings (SSSR count). The minimum Gasteiger partial charge on any atom is -0.353 e. The van der Waals surface area contributed by atoms with Gasteiger partial charge in [0.05, 0.1) is 12.1 Å². The Morgan fingerprint density at radius 3 is 2.83 bits per heavy atom. The molecule has 0 unspecified atom stereocenters. The van der Waals surface area contributed by atoms with Gasteiger partial charge in [-0.05, 0) is 43.5 Å². The Balaban J connectivity index is 1.51.